The van der Waals surface area contributed by atoms with E-state index in [9.17, 15) is 0 Å². The topological polar surface area (TPSA) is 92.5 Å². The number of nitrogen functional groups attached to an aromatic ring is 1. The third-order valence-electron chi connectivity index (χ3n) is 2.72. The van der Waals surface area contributed by atoms with Gasteiger partial charge in [-0.25, -0.2) is 15.0 Å². The fraction of sp³-hybridized carbons (Fsp3) is 0.0833. The minimum atomic E-state index is 0.609. The normalized spacial score (nSPS) is 10.7. The summed E-state index contributed by atoms with van der Waals surface area (Å²) < 4.78 is 0. The summed E-state index contributed by atoms with van der Waals surface area (Å²) in [6.45, 7) is 0.609. The first-order chi connectivity index (χ1) is 8.84. The molecule has 0 saturated carbocycles. The van der Waals surface area contributed by atoms with Crippen LogP contribution in [0.4, 0.5) is 11.5 Å². The summed E-state index contributed by atoms with van der Waals surface area (Å²) in [7, 11) is 0. The standard InChI is InChI=1S/C12H12N6/c13-9-4-2-1-3-8(9)5-14-11-10-12(16-6-15-10)18-7-17-11/h1-4,6-7H,5,13H2,(H2,14,15,16,17,18). The van der Waals surface area contributed by atoms with E-state index in [2.05, 4.69) is 25.3 Å². The lowest BCUT2D eigenvalue weighted by Crippen LogP contribution is -2.04. The number of anilines is 2. The van der Waals surface area contributed by atoms with Gasteiger partial charge in [0.2, 0.25) is 0 Å². The number of hydrogen-bond acceptors (Lipinski definition) is 5. The van der Waals surface area contributed by atoms with Crippen molar-refractivity contribution in [1.82, 2.24) is 19.9 Å². The highest BCUT2D eigenvalue weighted by molar-refractivity contribution is 5.81. The zero-order chi connectivity index (χ0) is 12.4. The Morgan fingerprint density at radius 1 is 1.17 bits per heavy atom. The van der Waals surface area contributed by atoms with E-state index in [-0.39, 0.29) is 0 Å². The number of nitrogens with one attached hydrogen (secondary N) is 2. The number of aromatic nitrogens is 4. The van der Waals surface area contributed by atoms with Crippen molar-refractivity contribution in [3.05, 3.63) is 42.5 Å². The molecule has 0 atom stereocenters. The summed E-state index contributed by atoms with van der Waals surface area (Å²) >= 11 is 0. The van der Waals surface area contributed by atoms with Crippen LogP contribution in [-0.2, 0) is 6.54 Å². The molecule has 90 valence electrons. The predicted octanol–water partition coefficient (Wildman–Crippen LogP) is 1.55. The number of imidazole rings is 1. The van der Waals surface area contributed by atoms with Gasteiger partial charge in [0.05, 0.1) is 6.33 Å². The van der Waals surface area contributed by atoms with Crippen LogP contribution in [0.25, 0.3) is 11.2 Å². The van der Waals surface area contributed by atoms with E-state index in [1.54, 1.807) is 6.33 Å². The van der Waals surface area contributed by atoms with Crippen LogP contribution in [0, 0.1) is 0 Å². The average molecular weight is 240 g/mol. The molecule has 0 saturated heterocycles. The summed E-state index contributed by atoms with van der Waals surface area (Å²) in [5, 5.41) is 3.23. The molecule has 18 heavy (non-hydrogen) atoms. The van der Waals surface area contributed by atoms with Crippen molar-refractivity contribution in [2.75, 3.05) is 11.1 Å². The summed E-state index contributed by atoms with van der Waals surface area (Å²) in [4.78, 5) is 15.3. The first-order valence-electron chi connectivity index (χ1n) is 5.56. The van der Waals surface area contributed by atoms with Gasteiger partial charge in [0.25, 0.3) is 0 Å². The van der Waals surface area contributed by atoms with Crippen LogP contribution < -0.4 is 11.1 Å². The van der Waals surface area contributed by atoms with Gasteiger partial charge in [0, 0.05) is 12.2 Å². The quantitative estimate of drug-likeness (QED) is 0.604. The second kappa shape index (κ2) is 4.33. The molecule has 6 nitrogen and oxygen atoms in total. The molecule has 2 aromatic heterocycles. The van der Waals surface area contributed by atoms with E-state index in [0.717, 1.165) is 22.6 Å². The van der Waals surface area contributed by atoms with Crippen molar-refractivity contribution >= 4 is 22.7 Å². The van der Waals surface area contributed by atoms with Crippen molar-refractivity contribution in [2.24, 2.45) is 0 Å². The molecule has 4 N–H and O–H groups in total. The monoisotopic (exact) mass is 240 g/mol. The molecule has 0 aliphatic rings. The molecular formula is C12H12N6. The lowest BCUT2D eigenvalue weighted by molar-refractivity contribution is 1.10. The highest BCUT2D eigenvalue weighted by Gasteiger charge is 2.05. The second-order valence-corrected chi connectivity index (χ2v) is 3.88. The Labute approximate surface area is 103 Å². The number of aromatic amines is 1. The number of hydrogen-bond donors (Lipinski definition) is 3. The number of para-hydroxylation sites is 1. The van der Waals surface area contributed by atoms with E-state index in [4.69, 9.17) is 5.73 Å². The molecule has 2 heterocycles. The van der Waals surface area contributed by atoms with Gasteiger partial charge < -0.3 is 16.0 Å². The Bertz CT molecular complexity index is 675. The lowest BCUT2D eigenvalue weighted by Gasteiger charge is -2.08. The highest BCUT2D eigenvalue weighted by Crippen LogP contribution is 2.17. The van der Waals surface area contributed by atoms with E-state index in [0.29, 0.717) is 12.2 Å². The van der Waals surface area contributed by atoms with Crippen LogP contribution in [0.15, 0.2) is 36.9 Å². The van der Waals surface area contributed by atoms with Gasteiger partial charge in [-0.2, -0.15) is 0 Å². The van der Waals surface area contributed by atoms with Crippen LogP contribution in [-0.4, -0.2) is 19.9 Å². The van der Waals surface area contributed by atoms with E-state index in [1.165, 1.54) is 6.33 Å². The van der Waals surface area contributed by atoms with Crippen molar-refractivity contribution in [2.45, 2.75) is 6.54 Å². The van der Waals surface area contributed by atoms with Crippen molar-refractivity contribution < 1.29 is 0 Å². The summed E-state index contributed by atoms with van der Waals surface area (Å²) in [5.74, 6) is 0.723. The largest absolute Gasteiger partial charge is 0.398 e. The lowest BCUT2D eigenvalue weighted by atomic mass is 10.2. The molecule has 0 aliphatic carbocycles. The number of nitrogens with two attached hydrogens (primary N) is 1. The van der Waals surface area contributed by atoms with Gasteiger partial charge in [-0.1, -0.05) is 18.2 Å². The van der Waals surface area contributed by atoms with Gasteiger partial charge in [0.1, 0.15) is 11.8 Å². The van der Waals surface area contributed by atoms with Crippen LogP contribution in [0.2, 0.25) is 0 Å². The van der Waals surface area contributed by atoms with E-state index in [1.807, 2.05) is 24.3 Å². The Hall–Kier alpha value is -2.63. The fourth-order valence-electron chi connectivity index (χ4n) is 1.77. The molecular weight excluding hydrogens is 228 g/mol. The molecule has 3 aromatic rings. The SMILES string of the molecule is Nc1ccccc1CNc1ncnc2nc[nH]c12. The number of fused-ring (bicyclic) bond motifs is 1. The first kappa shape index (κ1) is 10.5. The fourth-order valence-corrected chi connectivity index (χ4v) is 1.77. The van der Waals surface area contributed by atoms with E-state index < -0.39 is 0 Å². The highest BCUT2D eigenvalue weighted by atomic mass is 15.1. The average Bonchev–Trinajstić information content (AvgIpc) is 2.86. The van der Waals surface area contributed by atoms with Crippen LogP contribution in [0.1, 0.15) is 5.56 Å². The van der Waals surface area contributed by atoms with Crippen LogP contribution in [0.5, 0.6) is 0 Å². The van der Waals surface area contributed by atoms with Crippen LogP contribution >= 0.6 is 0 Å². The number of benzene rings is 1. The zero-order valence-electron chi connectivity index (χ0n) is 9.59. The molecule has 0 spiro atoms. The molecule has 0 fully saturated rings. The second-order valence-electron chi connectivity index (χ2n) is 3.88. The van der Waals surface area contributed by atoms with Crippen molar-refractivity contribution in [3.63, 3.8) is 0 Å². The Morgan fingerprint density at radius 2 is 2.06 bits per heavy atom. The molecule has 1 aromatic carbocycles. The Morgan fingerprint density at radius 3 is 2.94 bits per heavy atom. The number of nitrogens with zero attached hydrogens (tertiary/aromatic N) is 3. The smallest absolute Gasteiger partial charge is 0.182 e. The third-order valence-corrected chi connectivity index (χ3v) is 2.72. The summed E-state index contributed by atoms with van der Waals surface area (Å²) in [5.41, 5.74) is 9.12. The van der Waals surface area contributed by atoms with Gasteiger partial charge in [-0.3, -0.25) is 0 Å². The Kier molecular flexibility index (Phi) is 2.53. The third kappa shape index (κ3) is 1.84. The molecule has 6 heteroatoms. The molecule has 0 aliphatic heterocycles. The molecule has 0 amide bonds. The number of H-pyrrole nitrogens is 1. The van der Waals surface area contributed by atoms with Gasteiger partial charge in [0.15, 0.2) is 11.5 Å². The molecule has 3 rings (SSSR count). The van der Waals surface area contributed by atoms with Crippen molar-refractivity contribution in [3.8, 4) is 0 Å². The minimum Gasteiger partial charge on any atom is -0.398 e. The van der Waals surface area contributed by atoms with Crippen molar-refractivity contribution in [1.29, 1.82) is 0 Å². The maximum absolute atomic E-state index is 5.88. The van der Waals surface area contributed by atoms with Crippen LogP contribution in [0.3, 0.4) is 0 Å². The molecule has 0 radical (unpaired) electrons. The zero-order valence-corrected chi connectivity index (χ0v) is 9.59. The van der Waals surface area contributed by atoms with Gasteiger partial charge in [-0.05, 0) is 11.6 Å². The maximum atomic E-state index is 5.88. The minimum absolute atomic E-state index is 0.609. The van der Waals surface area contributed by atoms with E-state index >= 15 is 0 Å². The molecule has 0 unspecified atom stereocenters. The molecule has 0 bridgehead atoms. The Balaban J connectivity index is 1.85. The summed E-state index contributed by atoms with van der Waals surface area (Å²) in [6.07, 6.45) is 3.08. The number of rotatable bonds is 3. The summed E-state index contributed by atoms with van der Waals surface area (Å²) in [6, 6.07) is 7.73. The first-order valence-corrected chi connectivity index (χ1v) is 5.56. The predicted molar refractivity (Wildman–Crippen MR) is 69.9 cm³/mol. The maximum Gasteiger partial charge on any atom is 0.182 e. The van der Waals surface area contributed by atoms with Gasteiger partial charge >= 0.3 is 0 Å². The van der Waals surface area contributed by atoms with Gasteiger partial charge in [-0.15, -0.1) is 0 Å².